The van der Waals surface area contributed by atoms with Crippen LogP contribution in [0.25, 0.3) is 22.4 Å². The largest absolute Gasteiger partial charge is 0.392 e. The molecule has 5 nitrogen and oxygen atoms in total. The van der Waals surface area contributed by atoms with Gasteiger partial charge in [-0.25, -0.2) is 0 Å². The molecule has 0 fully saturated rings. The van der Waals surface area contributed by atoms with Crippen LogP contribution in [0.3, 0.4) is 0 Å². The lowest BCUT2D eigenvalue weighted by atomic mass is 9.96. The van der Waals surface area contributed by atoms with Crippen LogP contribution in [0.4, 0.5) is 0 Å². The molecule has 2 N–H and O–H groups in total. The van der Waals surface area contributed by atoms with E-state index in [4.69, 9.17) is 16.7 Å². The summed E-state index contributed by atoms with van der Waals surface area (Å²) < 4.78 is 2.05. The molecular formula is C18H17ClN4O. The van der Waals surface area contributed by atoms with Gasteiger partial charge in [-0.1, -0.05) is 17.7 Å². The van der Waals surface area contributed by atoms with Gasteiger partial charge in [-0.3, -0.25) is 9.67 Å². The topological polar surface area (TPSA) is 63.0 Å². The second kappa shape index (κ2) is 6.36. The number of hydrogen-bond donors (Lipinski definition) is 2. The van der Waals surface area contributed by atoms with Crippen LogP contribution in [-0.4, -0.2) is 26.4 Å². The van der Waals surface area contributed by atoms with E-state index in [1.54, 1.807) is 18.5 Å². The average molecular weight is 341 g/mol. The molecule has 0 unspecified atom stereocenters. The standard InChI is InChI=1S/C18H17ClN4O/c19-14-1-2-15(13(9-14)11-24)18-17(12-3-5-20-6-4-12)16-10-21-7-8-23(16)22-18/h1-6,9,21,24H,7-8,10-11H2. The summed E-state index contributed by atoms with van der Waals surface area (Å²) in [4.78, 5) is 4.11. The minimum absolute atomic E-state index is 0.0773. The third-order valence-corrected chi connectivity index (χ3v) is 4.55. The fourth-order valence-electron chi connectivity index (χ4n) is 3.19. The van der Waals surface area contributed by atoms with Gasteiger partial charge in [0.25, 0.3) is 0 Å². The highest BCUT2D eigenvalue weighted by Gasteiger charge is 2.23. The van der Waals surface area contributed by atoms with E-state index in [1.807, 2.05) is 24.3 Å². The zero-order chi connectivity index (χ0) is 16.5. The Labute approximate surface area is 144 Å². The second-order valence-electron chi connectivity index (χ2n) is 5.77. The molecule has 0 spiro atoms. The Bertz CT molecular complexity index is 876. The molecule has 0 radical (unpaired) electrons. The highest BCUT2D eigenvalue weighted by Crippen LogP contribution is 2.37. The molecule has 0 amide bonds. The monoisotopic (exact) mass is 340 g/mol. The number of rotatable bonds is 3. The molecule has 0 saturated carbocycles. The molecule has 122 valence electrons. The lowest BCUT2D eigenvalue weighted by molar-refractivity contribution is 0.282. The molecule has 0 saturated heterocycles. The fourth-order valence-corrected chi connectivity index (χ4v) is 3.38. The summed E-state index contributed by atoms with van der Waals surface area (Å²) in [6, 6.07) is 9.54. The number of aliphatic hydroxyl groups is 1. The number of benzene rings is 1. The van der Waals surface area contributed by atoms with Gasteiger partial charge in [0.1, 0.15) is 5.69 Å². The molecule has 4 rings (SSSR count). The van der Waals surface area contributed by atoms with Gasteiger partial charge in [0.2, 0.25) is 0 Å². The van der Waals surface area contributed by atoms with Crippen molar-refractivity contribution in [2.45, 2.75) is 19.7 Å². The van der Waals surface area contributed by atoms with Gasteiger partial charge in [0.15, 0.2) is 0 Å². The number of nitrogens with one attached hydrogen (secondary N) is 1. The minimum atomic E-state index is -0.0773. The van der Waals surface area contributed by atoms with E-state index >= 15 is 0 Å². The van der Waals surface area contributed by atoms with Gasteiger partial charge < -0.3 is 10.4 Å². The van der Waals surface area contributed by atoms with Crippen molar-refractivity contribution in [3.63, 3.8) is 0 Å². The molecule has 1 aliphatic rings. The Morgan fingerprint density at radius 2 is 2.04 bits per heavy atom. The van der Waals surface area contributed by atoms with Crippen molar-refractivity contribution in [1.29, 1.82) is 0 Å². The maximum absolute atomic E-state index is 9.75. The first-order valence-electron chi connectivity index (χ1n) is 7.88. The normalized spacial score (nSPS) is 13.8. The quantitative estimate of drug-likeness (QED) is 0.769. The van der Waals surface area contributed by atoms with Crippen LogP contribution in [0.1, 0.15) is 11.3 Å². The zero-order valence-corrected chi connectivity index (χ0v) is 13.8. The second-order valence-corrected chi connectivity index (χ2v) is 6.20. The van der Waals surface area contributed by atoms with E-state index < -0.39 is 0 Å². The molecule has 1 aromatic carbocycles. The van der Waals surface area contributed by atoms with E-state index in [2.05, 4.69) is 15.0 Å². The summed E-state index contributed by atoms with van der Waals surface area (Å²) in [6.45, 7) is 2.42. The van der Waals surface area contributed by atoms with E-state index in [-0.39, 0.29) is 6.61 Å². The van der Waals surface area contributed by atoms with Gasteiger partial charge in [-0.15, -0.1) is 0 Å². The van der Waals surface area contributed by atoms with Gasteiger partial charge >= 0.3 is 0 Å². The minimum Gasteiger partial charge on any atom is -0.392 e. The average Bonchev–Trinajstić information content (AvgIpc) is 3.01. The maximum Gasteiger partial charge on any atom is 0.101 e. The molecule has 6 heteroatoms. The Morgan fingerprint density at radius 1 is 1.21 bits per heavy atom. The fraction of sp³-hybridized carbons (Fsp3) is 0.222. The number of aliphatic hydroxyl groups excluding tert-OH is 1. The summed E-state index contributed by atoms with van der Waals surface area (Å²) in [5.41, 5.74) is 5.88. The van der Waals surface area contributed by atoms with E-state index in [0.29, 0.717) is 5.02 Å². The Kier molecular flexibility index (Phi) is 4.06. The molecule has 0 atom stereocenters. The van der Waals surface area contributed by atoms with Gasteiger partial charge in [-0.05, 0) is 35.4 Å². The Balaban J connectivity index is 1.98. The first kappa shape index (κ1) is 15.3. The number of nitrogens with zero attached hydrogens (tertiary/aromatic N) is 3. The van der Waals surface area contributed by atoms with E-state index in [9.17, 15) is 5.11 Å². The number of hydrogen-bond acceptors (Lipinski definition) is 4. The van der Waals surface area contributed by atoms with Crippen LogP contribution in [0.5, 0.6) is 0 Å². The molecular weight excluding hydrogens is 324 g/mol. The predicted octanol–water partition coefficient (Wildman–Crippen LogP) is 2.86. The predicted molar refractivity (Wildman–Crippen MR) is 93.5 cm³/mol. The van der Waals surface area contributed by atoms with E-state index in [1.165, 1.54) is 0 Å². The van der Waals surface area contributed by atoms with Crippen molar-refractivity contribution in [3.8, 4) is 22.4 Å². The highest BCUT2D eigenvalue weighted by molar-refractivity contribution is 6.30. The number of halogens is 1. The summed E-state index contributed by atoms with van der Waals surface area (Å²) in [5.74, 6) is 0. The van der Waals surface area contributed by atoms with Crippen molar-refractivity contribution in [3.05, 3.63) is 59.0 Å². The molecule has 3 aromatic rings. The summed E-state index contributed by atoms with van der Waals surface area (Å²) in [5, 5.41) is 18.6. The van der Waals surface area contributed by atoms with Crippen molar-refractivity contribution < 1.29 is 5.11 Å². The molecule has 1 aliphatic heterocycles. The lowest BCUT2D eigenvalue weighted by Crippen LogP contribution is -2.28. The molecule has 0 aliphatic carbocycles. The molecule has 24 heavy (non-hydrogen) atoms. The van der Waals surface area contributed by atoms with Crippen molar-refractivity contribution in [2.75, 3.05) is 6.54 Å². The van der Waals surface area contributed by atoms with Crippen molar-refractivity contribution >= 4 is 11.6 Å². The molecule has 3 heterocycles. The van der Waals surface area contributed by atoms with Gasteiger partial charge in [0.05, 0.1) is 18.8 Å². The highest BCUT2D eigenvalue weighted by atomic mass is 35.5. The van der Waals surface area contributed by atoms with E-state index in [0.717, 1.165) is 53.3 Å². The van der Waals surface area contributed by atoms with Crippen LogP contribution in [0.15, 0.2) is 42.7 Å². The lowest BCUT2D eigenvalue weighted by Gasteiger charge is -2.16. The van der Waals surface area contributed by atoms with Crippen molar-refractivity contribution in [2.24, 2.45) is 0 Å². The SMILES string of the molecule is OCc1cc(Cl)ccc1-c1nn2c(c1-c1ccncc1)CNCC2. The third kappa shape index (κ3) is 2.60. The molecule has 0 bridgehead atoms. The first-order chi connectivity index (χ1) is 11.8. The van der Waals surface area contributed by atoms with Crippen LogP contribution in [0.2, 0.25) is 5.02 Å². The summed E-state index contributed by atoms with van der Waals surface area (Å²) in [7, 11) is 0. The van der Waals surface area contributed by atoms with Gasteiger partial charge in [-0.2, -0.15) is 5.10 Å². The first-order valence-corrected chi connectivity index (χ1v) is 8.26. The molecule has 2 aromatic heterocycles. The van der Waals surface area contributed by atoms with Crippen LogP contribution >= 0.6 is 11.6 Å². The van der Waals surface area contributed by atoms with Crippen molar-refractivity contribution in [1.82, 2.24) is 20.1 Å². The smallest absolute Gasteiger partial charge is 0.101 e. The van der Waals surface area contributed by atoms with Gasteiger partial charge in [0, 0.05) is 41.6 Å². The van der Waals surface area contributed by atoms with Crippen LogP contribution in [-0.2, 0) is 19.7 Å². The number of pyridine rings is 1. The zero-order valence-electron chi connectivity index (χ0n) is 13.0. The Hall–Kier alpha value is -2.21. The summed E-state index contributed by atoms with van der Waals surface area (Å²) >= 11 is 6.09. The summed E-state index contributed by atoms with van der Waals surface area (Å²) in [6.07, 6.45) is 3.57. The van der Waals surface area contributed by atoms with Crippen LogP contribution < -0.4 is 5.32 Å². The Morgan fingerprint density at radius 3 is 2.83 bits per heavy atom. The third-order valence-electron chi connectivity index (χ3n) is 4.31. The maximum atomic E-state index is 9.75. The van der Waals surface area contributed by atoms with Crippen LogP contribution in [0, 0.1) is 0 Å². The number of fused-ring (bicyclic) bond motifs is 1. The number of aromatic nitrogens is 3.